The fraction of sp³-hybridized carbons (Fsp3) is 0. The molecule has 118 valence electrons. The summed E-state index contributed by atoms with van der Waals surface area (Å²) in [7, 11) is 0. The van der Waals surface area contributed by atoms with Gasteiger partial charge in [0.15, 0.2) is 0 Å². The maximum Gasteiger partial charge on any atom is 1.00 e. The van der Waals surface area contributed by atoms with Crippen LogP contribution in [0.15, 0.2) is 65.3 Å². The van der Waals surface area contributed by atoms with Gasteiger partial charge in [-0.3, -0.25) is 9.61 Å². The molecule has 0 saturated carbocycles. The average molecular weight is 423 g/mol. The van der Waals surface area contributed by atoms with Crippen LogP contribution in [0, 0.1) is 17.8 Å². The standard InChI is InChI=1S/C19H10BrF2N2.K/c20-14-4-5-16(18(22)10-14)13-9-19-17(6-7-23-24(19)11-13)12-2-1-3-15(21)8-12;/h1-6,8-11H;/q-1;+1. The van der Waals surface area contributed by atoms with Crippen LogP contribution < -0.4 is 51.4 Å². The van der Waals surface area contributed by atoms with E-state index in [0.29, 0.717) is 15.6 Å². The van der Waals surface area contributed by atoms with Crippen LogP contribution in [0.3, 0.4) is 0 Å². The maximum atomic E-state index is 14.2. The first kappa shape index (κ1) is 18.9. The van der Waals surface area contributed by atoms with Gasteiger partial charge in [-0.15, -0.1) is 11.8 Å². The topological polar surface area (TPSA) is 17.3 Å². The molecular formula is C19H10BrF2KN2. The van der Waals surface area contributed by atoms with Crippen LogP contribution >= 0.6 is 15.9 Å². The Labute approximate surface area is 194 Å². The second-order valence-corrected chi connectivity index (χ2v) is 6.30. The van der Waals surface area contributed by atoms with Gasteiger partial charge in [-0.25, -0.2) is 14.8 Å². The van der Waals surface area contributed by atoms with Crippen LogP contribution in [0.1, 0.15) is 0 Å². The van der Waals surface area contributed by atoms with E-state index in [2.05, 4.69) is 27.2 Å². The number of fused-ring (bicyclic) bond motifs is 1. The van der Waals surface area contributed by atoms with E-state index in [1.165, 1.54) is 18.2 Å². The van der Waals surface area contributed by atoms with E-state index in [9.17, 15) is 8.78 Å². The molecule has 4 aromatic rings. The zero-order valence-corrected chi connectivity index (χ0v) is 18.0. The second-order valence-electron chi connectivity index (χ2n) is 5.38. The molecule has 0 bridgehead atoms. The van der Waals surface area contributed by atoms with E-state index < -0.39 is 0 Å². The van der Waals surface area contributed by atoms with Crippen LogP contribution in [-0.2, 0) is 0 Å². The van der Waals surface area contributed by atoms with Crippen molar-refractivity contribution in [3.63, 3.8) is 0 Å². The Balaban J connectivity index is 0.00000182. The summed E-state index contributed by atoms with van der Waals surface area (Å²) in [5.74, 6) is -0.634. The second kappa shape index (κ2) is 7.78. The summed E-state index contributed by atoms with van der Waals surface area (Å²) in [6.45, 7) is 0. The van der Waals surface area contributed by atoms with E-state index in [0.717, 1.165) is 16.6 Å². The third-order valence-electron chi connectivity index (χ3n) is 3.83. The summed E-state index contributed by atoms with van der Waals surface area (Å²) in [5.41, 5.74) is 3.45. The first-order chi connectivity index (χ1) is 11.6. The molecule has 0 aliphatic heterocycles. The molecule has 0 fully saturated rings. The molecule has 0 atom stereocenters. The largest absolute Gasteiger partial charge is 1.00 e. The minimum atomic E-state index is -0.323. The molecular weight excluding hydrogens is 413 g/mol. The van der Waals surface area contributed by atoms with Crippen molar-refractivity contribution in [1.82, 2.24) is 9.61 Å². The van der Waals surface area contributed by atoms with Gasteiger partial charge in [0.2, 0.25) is 0 Å². The Morgan fingerprint density at radius 2 is 1.80 bits per heavy atom. The fourth-order valence-corrected chi connectivity index (χ4v) is 3.06. The zero-order valence-electron chi connectivity index (χ0n) is 13.3. The summed E-state index contributed by atoms with van der Waals surface area (Å²) in [6, 6.07) is 14.8. The molecule has 0 radical (unpaired) electrons. The van der Waals surface area contributed by atoms with Crippen molar-refractivity contribution in [3.05, 3.63) is 83.1 Å². The summed E-state index contributed by atoms with van der Waals surface area (Å²) >= 11 is 3.25. The summed E-state index contributed by atoms with van der Waals surface area (Å²) in [5, 5.41) is 4.15. The Hall–Kier alpha value is -0.894. The van der Waals surface area contributed by atoms with Gasteiger partial charge in [0.05, 0.1) is 0 Å². The molecule has 2 nitrogen and oxygen atoms in total. The summed E-state index contributed by atoms with van der Waals surface area (Å²) in [4.78, 5) is 0. The third-order valence-corrected chi connectivity index (χ3v) is 4.32. The van der Waals surface area contributed by atoms with Crippen molar-refractivity contribution >= 4 is 21.4 Å². The van der Waals surface area contributed by atoms with Gasteiger partial charge in [-0.2, -0.15) is 0 Å². The monoisotopic (exact) mass is 422 g/mol. The molecule has 4 rings (SSSR count). The Morgan fingerprint density at radius 1 is 0.960 bits per heavy atom. The van der Waals surface area contributed by atoms with E-state index in [4.69, 9.17) is 0 Å². The molecule has 2 aromatic heterocycles. The first-order valence-electron chi connectivity index (χ1n) is 7.23. The van der Waals surface area contributed by atoms with Crippen molar-refractivity contribution in [1.29, 1.82) is 0 Å². The third kappa shape index (κ3) is 3.79. The molecule has 0 N–H and O–H groups in total. The number of nitrogens with zero attached hydrogens (tertiary/aromatic N) is 2. The van der Waals surface area contributed by atoms with Gasteiger partial charge in [-0.1, -0.05) is 39.7 Å². The number of hydrogen-bond donors (Lipinski definition) is 0. The van der Waals surface area contributed by atoms with E-state index >= 15 is 0 Å². The Morgan fingerprint density at radius 3 is 2.56 bits per heavy atom. The molecule has 6 heteroatoms. The van der Waals surface area contributed by atoms with Crippen LogP contribution in [0.4, 0.5) is 8.78 Å². The van der Waals surface area contributed by atoms with Crippen molar-refractivity contribution in [2.24, 2.45) is 0 Å². The minimum Gasteiger partial charge on any atom is -0.285 e. The van der Waals surface area contributed by atoms with E-state index in [-0.39, 0.29) is 63.0 Å². The molecule has 0 spiro atoms. The zero-order chi connectivity index (χ0) is 16.7. The molecule has 2 aromatic carbocycles. The smallest absolute Gasteiger partial charge is 0.285 e. The van der Waals surface area contributed by atoms with Gasteiger partial charge < -0.3 is 0 Å². The van der Waals surface area contributed by atoms with Crippen molar-refractivity contribution in [2.75, 3.05) is 0 Å². The van der Waals surface area contributed by atoms with Crippen LogP contribution in [0.25, 0.3) is 27.8 Å². The number of hydrogen-bond acceptors (Lipinski definition) is 1. The van der Waals surface area contributed by atoms with Crippen LogP contribution in [0.5, 0.6) is 0 Å². The summed E-state index contributed by atoms with van der Waals surface area (Å²) in [6.07, 6.45) is 4.54. The van der Waals surface area contributed by atoms with E-state index in [1.807, 2.05) is 12.1 Å². The predicted octanol–water partition coefficient (Wildman–Crippen LogP) is 2.51. The molecule has 25 heavy (non-hydrogen) atoms. The van der Waals surface area contributed by atoms with Gasteiger partial charge in [0, 0.05) is 21.8 Å². The molecule has 0 aliphatic rings. The minimum absolute atomic E-state index is 0. The maximum absolute atomic E-state index is 14.2. The van der Waals surface area contributed by atoms with Crippen molar-refractivity contribution < 1.29 is 60.2 Å². The van der Waals surface area contributed by atoms with Crippen LogP contribution in [-0.4, -0.2) is 9.61 Å². The molecule has 2 heterocycles. The van der Waals surface area contributed by atoms with Crippen molar-refractivity contribution in [3.8, 4) is 22.3 Å². The predicted molar refractivity (Wildman–Crippen MR) is 92.5 cm³/mol. The first-order valence-corrected chi connectivity index (χ1v) is 8.02. The number of aromatic nitrogens is 2. The SMILES string of the molecule is Fc1cccc(-c2c[c-]nn3cc(-c4ccc(Br)cc4F)cc23)c1.[K+]. The molecule has 0 amide bonds. The van der Waals surface area contributed by atoms with Gasteiger partial charge in [0.25, 0.3) is 0 Å². The van der Waals surface area contributed by atoms with E-state index in [1.54, 1.807) is 35.0 Å². The molecule has 0 saturated heterocycles. The quantitative estimate of drug-likeness (QED) is 0.358. The Kier molecular flexibility index (Phi) is 5.87. The molecule has 0 aliphatic carbocycles. The summed E-state index contributed by atoms with van der Waals surface area (Å²) < 4.78 is 30.1. The number of benzene rings is 2. The van der Waals surface area contributed by atoms with Gasteiger partial charge in [0.1, 0.15) is 11.6 Å². The average Bonchev–Trinajstić information content (AvgIpc) is 2.98. The normalized spacial score (nSPS) is 10.7. The number of halogens is 3. The molecule has 0 unspecified atom stereocenters. The fourth-order valence-electron chi connectivity index (χ4n) is 2.72. The van der Waals surface area contributed by atoms with Crippen LogP contribution in [0.2, 0.25) is 0 Å². The van der Waals surface area contributed by atoms with Gasteiger partial charge >= 0.3 is 51.4 Å². The van der Waals surface area contributed by atoms with Gasteiger partial charge in [-0.05, 0) is 35.8 Å². The van der Waals surface area contributed by atoms with Crippen molar-refractivity contribution in [2.45, 2.75) is 0 Å². The number of rotatable bonds is 2. The Bertz CT molecular complexity index is 1060.